The zero-order valence-electron chi connectivity index (χ0n) is 10.7. The van der Waals surface area contributed by atoms with Crippen LogP contribution >= 0.6 is 0 Å². The molecule has 0 aromatic heterocycles. The summed E-state index contributed by atoms with van der Waals surface area (Å²) in [6, 6.07) is 0.398. The number of nitrogens with zero attached hydrogens (tertiary/aromatic N) is 1. The first-order chi connectivity index (χ1) is 8.65. The molecule has 1 unspecified atom stereocenters. The highest BCUT2D eigenvalue weighted by Gasteiger charge is 2.28. The highest BCUT2D eigenvalue weighted by molar-refractivity contribution is 5.74. The number of hydrogen-bond donors (Lipinski definition) is 2. The van der Waals surface area contributed by atoms with Crippen molar-refractivity contribution >= 4 is 12.0 Å². The Kier molecular flexibility index (Phi) is 4.44. The van der Waals surface area contributed by atoms with Crippen molar-refractivity contribution < 1.29 is 14.7 Å². The van der Waals surface area contributed by atoms with E-state index in [1.807, 2.05) is 4.90 Å². The van der Waals surface area contributed by atoms with E-state index in [0.29, 0.717) is 24.9 Å². The van der Waals surface area contributed by atoms with Crippen LogP contribution in [-0.2, 0) is 4.79 Å². The molecule has 102 valence electrons. The van der Waals surface area contributed by atoms with Gasteiger partial charge in [-0.15, -0.1) is 0 Å². The summed E-state index contributed by atoms with van der Waals surface area (Å²) in [5.41, 5.74) is 0. The summed E-state index contributed by atoms with van der Waals surface area (Å²) < 4.78 is 0. The minimum absolute atomic E-state index is 0.0414. The molecule has 1 atom stereocenters. The van der Waals surface area contributed by atoms with Gasteiger partial charge in [-0.3, -0.25) is 4.79 Å². The van der Waals surface area contributed by atoms with Crippen LogP contribution in [0.25, 0.3) is 0 Å². The van der Waals surface area contributed by atoms with Gasteiger partial charge >= 0.3 is 12.0 Å². The van der Waals surface area contributed by atoms with E-state index in [1.54, 1.807) is 0 Å². The van der Waals surface area contributed by atoms with Gasteiger partial charge in [0, 0.05) is 25.6 Å². The molecule has 1 saturated carbocycles. The number of hydrogen-bond acceptors (Lipinski definition) is 2. The minimum Gasteiger partial charge on any atom is -0.481 e. The maximum Gasteiger partial charge on any atom is 0.317 e. The number of likely N-dealkylation sites (tertiary alicyclic amines) is 1. The molecule has 0 aromatic rings. The molecule has 2 fully saturated rings. The number of nitrogens with one attached hydrogen (secondary N) is 1. The molecule has 2 N–H and O–H groups in total. The third-order valence-corrected chi connectivity index (χ3v) is 4.02. The van der Waals surface area contributed by atoms with E-state index in [0.717, 1.165) is 25.8 Å². The molecule has 2 rings (SSSR count). The van der Waals surface area contributed by atoms with E-state index in [-0.39, 0.29) is 12.5 Å². The predicted molar refractivity (Wildman–Crippen MR) is 67.3 cm³/mol. The number of rotatable bonds is 4. The number of carbonyl (C=O) groups excluding carboxylic acids is 1. The summed E-state index contributed by atoms with van der Waals surface area (Å²) >= 11 is 0. The largest absolute Gasteiger partial charge is 0.481 e. The first kappa shape index (κ1) is 13.2. The van der Waals surface area contributed by atoms with E-state index in [2.05, 4.69) is 5.32 Å². The molecule has 18 heavy (non-hydrogen) atoms. The molecule has 1 aliphatic heterocycles. The minimum atomic E-state index is -0.746. The summed E-state index contributed by atoms with van der Waals surface area (Å²) in [7, 11) is 0. The molecule has 2 aliphatic rings. The third-order valence-electron chi connectivity index (χ3n) is 4.02. The molecular weight excluding hydrogens is 232 g/mol. The lowest BCUT2D eigenvalue weighted by Crippen LogP contribution is -2.42. The predicted octanol–water partition coefficient (Wildman–Crippen LogP) is 1.83. The molecule has 5 nitrogen and oxygen atoms in total. The lowest BCUT2D eigenvalue weighted by atomic mass is 10.0. The van der Waals surface area contributed by atoms with E-state index in [9.17, 15) is 9.59 Å². The highest BCUT2D eigenvalue weighted by Crippen LogP contribution is 2.22. The van der Waals surface area contributed by atoms with Crippen molar-refractivity contribution in [3.63, 3.8) is 0 Å². The number of amides is 2. The molecule has 5 heteroatoms. The summed E-state index contributed by atoms with van der Waals surface area (Å²) in [5, 5.41) is 11.7. The molecule has 2 amide bonds. The van der Waals surface area contributed by atoms with Crippen LogP contribution in [0.4, 0.5) is 4.79 Å². The second-order valence-electron chi connectivity index (χ2n) is 5.46. The Balaban J connectivity index is 1.70. The van der Waals surface area contributed by atoms with Gasteiger partial charge in [-0.1, -0.05) is 12.8 Å². The maximum atomic E-state index is 12.0. The Morgan fingerprint density at radius 3 is 2.61 bits per heavy atom. The summed E-state index contributed by atoms with van der Waals surface area (Å²) in [5.74, 6) is -0.390. The molecule has 0 radical (unpaired) electrons. The molecule has 1 aliphatic carbocycles. The summed E-state index contributed by atoms with van der Waals surface area (Å²) in [4.78, 5) is 24.3. The number of urea groups is 1. The number of carbonyl (C=O) groups is 2. The highest BCUT2D eigenvalue weighted by atomic mass is 16.4. The van der Waals surface area contributed by atoms with E-state index in [1.165, 1.54) is 12.8 Å². The molecular formula is C13H22N2O3. The van der Waals surface area contributed by atoms with E-state index in [4.69, 9.17) is 5.11 Å². The Hall–Kier alpha value is -1.26. The van der Waals surface area contributed by atoms with Crippen LogP contribution in [0, 0.1) is 5.92 Å². The zero-order valence-corrected chi connectivity index (χ0v) is 10.7. The SMILES string of the molecule is O=C(O)CCC1CCN(C(=O)NC2CCCC2)C1. The van der Waals surface area contributed by atoms with Crippen LogP contribution in [0.3, 0.4) is 0 Å². The maximum absolute atomic E-state index is 12.0. The normalized spacial score (nSPS) is 24.4. The van der Waals surface area contributed by atoms with Crippen molar-refractivity contribution in [1.82, 2.24) is 10.2 Å². The van der Waals surface area contributed by atoms with Gasteiger partial charge in [-0.05, 0) is 31.6 Å². The second kappa shape index (κ2) is 6.07. The van der Waals surface area contributed by atoms with Crippen LogP contribution in [-0.4, -0.2) is 41.1 Å². The van der Waals surface area contributed by atoms with Crippen molar-refractivity contribution in [1.29, 1.82) is 0 Å². The topological polar surface area (TPSA) is 69.6 Å². The number of carboxylic acids is 1. The third kappa shape index (κ3) is 3.62. The zero-order chi connectivity index (χ0) is 13.0. The fraction of sp³-hybridized carbons (Fsp3) is 0.846. The average molecular weight is 254 g/mol. The van der Waals surface area contributed by atoms with Crippen LogP contribution in [0.2, 0.25) is 0 Å². The van der Waals surface area contributed by atoms with Crippen molar-refractivity contribution in [2.45, 2.75) is 51.0 Å². The fourth-order valence-electron chi connectivity index (χ4n) is 2.92. The van der Waals surface area contributed by atoms with Gasteiger partial charge in [0.2, 0.25) is 0 Å². The van der Waals surface area contributed by atoms with Crippen molar-refractivity contribution in [3.05, 3.63) is 0 Å². The lowest BCUT2D eigenvalue weighted by Gasteiger charge is -2.20. The molecule has 0 aromatic carbocycles. The van der Waals surface area contributed by atoms with Crippen LogP contribution in [0.5, 0.6) is 0 Å². The second-order valence-corrected chi connectivity index (χ2v) is 5.46. The van der Waals surface area contributed by atoms with Gasteiger partial charge in [0.05, 0.1) is 0 Å². The Morgan fingerprint density at radius 2 is 1.94 bits per heavy atom. The Morgan fingerprint density at radius 1 is 1.22 bits per heavy atom. The van der Waals surface area contributed by atoms with Crippen molar-refractivity contribution in [3.8, 4) is 0 Å². The molecule has 1 saturated heterocycles. The fourth-order valence-corrected chi connectivity index (χ4v) is 2.92. The van der Waals surface area contributed by atoms with Gasteiger partial charge in [0.25, 0.3) is 0 Å². The quantitative estimate of drug-likeness (QED) is 0.804. The summed E-state index contributed by atoms with van der Waals surface area (Å²) in [6.45, 7) is 1.48. The van der Waals surface area contributed by atoms with Gasteiger partial charge < -0.3 is 15.3 Å². The van der Waals surface area contributed by atoms with Crippen LogP contribution < -0.4 is 5.32 Å². The smallest absolute Gasteiger partial charge is 0.317 e. The van der Waals surface area contributed by atoms with E-state index >= 15 is 0 Å². The monoisotopic (exact) mass is 254 g/mol. The first-order valence-electron chi connectivity index (χ1n) is 6.92. The van der Waals surface area contributed by atoms with Gasteiger partial charge in [0.15, 0.2) is 0 Å². The number of carboxylic acid groups (broad SMARTS) is 1. The van der Waals surface area contributed by atoms with Gasteiger partial charge in [-0.2, -0.15) is 0 Å². The molecule has 0 bridgehead atoms. The van der Waals surface area contributed by atoms with Gasteiger partial charge in [0.1, 0.15) is 0 Å². The van der Waals surface area contributed by atoms with Crippen molar-refractivity contribution in [2.24, 2.45) is 5.92 Å². The first-order valence-corrected chi connectivity index (χ1v) is 6.92. The van der Waals surface area contributed by atoms with Gasteiger partial charge in [-0.25, -0.2) is 4.79 Å². The summed E-state index contributed by atoms with van der Waals surface area (Å²) in [6.07, 6.45) is 6.46. The van der Waals surface area contributed by atoms with Crippen LogP contribution in [0.15, 0.2) is 0 Å². The molecule has 0 spiro atoms. The van der Waals surface area contributed by atoms with E-state index < -0.39 is 5.97 Å². The van der Waals surface area contributed by atoms with Crippen LogP contribution in [0.1, 0.15) is 44.9 Å². The average Bonchev–Trinajstić information content (AvgIpc) is 2.96. The standard InChI is InChI=1S/C13H22N2O3/c16-12(17)6-5-10-7-8-15(9-10)13(18)14-11-3-1-2-4-11/h10-11H,1-9H2,(H,14,18)(H,16,17). The lowest BCUT2D eigenvalue weighted by molar-refractivity contribution is -0.137. The molecule has 1 heterocycles. The van der Waals surface area contributed by atoms with Crippen molar-refractivity contribution in [2.75, 3.05) is 13.1 Å². The number of aliphatic carboxylic acids is 1. The Bertz CT molecular complexity index is 313. The Labute approximate surface area is 108 Å².